The highest BCUT2D eigenvalue weighted by Crippen LogP contribution is 2.39. The summed E-state index contributed by atoms with van der Waals surface area (Å²) in [5.41, 5.74) is 0. The third kappa shape index (κ3) is 1.37. The van der Waals surface area contributed by atoms with Crippen LogP contribution in [0.4, 0.5) is 4.79 Å². The van der Waals surface area contributed by atoms with Gasteiger partial charge in [-0.25, -0.2) is 4.79 Å². The second-order valence-electron chi connectivity index (χ2n) is 3.23. The molecule has 7 heteroatoms. The molecule has 1 saturated heterocycles. The number of hydrogen-bond donors (Lipinski definition) is 1. The normalized spacial score (nSPS) is 32.0. The SMILES string of the molecule is O=C(O)N1C(C2CC2)COS1(=O)=O. The second kappa shape index (κ2) is 2.58. The van der Waals surface area contributed by atoms with Crippen molar-refractivity contribution in [1.29, 1.82) is 0 Å². The van der Waals surface area contributed by atoms with E-state index in [9.17, 15) is 13.2 Å². The average molecular weight is 207 g/mol. The zero-order valence-electron chi connectivity index (χ0n) is 6.71. The highest BCUT2D eigenvalue weighted by Gasteiger charge is 2.49. The third-order valence-corrected chi connectivity index (χ3v) is 3.63. The Morgan fingerprint density at radius 3 is 2.54 bits per heavy atom. The van der Waals surface area contributed by atoms with Crippen LogP contribution in [0.1, 0.15) is 12.8 Å². The Kier molecular flexibility index (Phi) is 1.74. The number of carbonyl (C=O) groups is 1. The molecule has 1 heterocycles. The van der Waals surface area contributed by atoms with Crippen molar-refractivity contribution < 1.29 is 22.5 Å². The number of carboxylic acid groups (broad SMARTS) is 1. The van der Waals surface area contributed by atoms with E-state index >= 15 is 0 Å². The molecule has 1 aliphatic carbocycles. The van der Waals surface area contributed by atoms with Crippen molar-refractivity contribution in [2.24, 2.45) is 5.92 Å². The number of hydrogen-bond acceptors (Lipinski definition) is 4. The fourth-order valence-corrected chi connectivity index (χ4v) is 2.67. The summed E-state index contributed by atoms with van der Waals surface area (Å²) in [6.45, 7) is -0.0285. The highest BCUT2D eigenvalue weighted by atomic mass is 32.2. The van der Waals surface area contributed by atoms with Crippen molar-refractivity contribution in [3.63, 3.8) is 0 Å². The van der Waals surface area contributed by atoms with Crippen molar-refractivity contribution in [2.75, 3.05) is 6.61 Å². The van der Waals surface area contributed by atoms with Crippen LogP contribution in [0.15, 0.2) is 0 Å². The van der Waals surface area contributed by atoms with Gasteiger partial charge in [0.1, 0.15) is 0 Å². The minimum atomic E-state index is -4.01. The smallest absolute Gasteiger partial charge is 0.423 e. The van der Waals surface area contributed by atoms with Crippen molar-refractivity contribution in [3.05, 3.63) is 0 Å². The van der Waals surface area contributed by atoms with Gasteiger partial charge in [0.05, 0.1) is 12.6 Å². The fraction of sp³-hybridized carbons (Fsp3) is 0.833. The Hall–Kier alpha value is -0.820. The lowest BCUT2D eigenvalue weighted by Gasteiger charge is -2.15. The van der Waals surface area contributed by atoms with Gasteiger partial charge in [-0.3, -0.25) is 4.18 Å². The van der Waals surface area contributed by atoms with Crippen molar-refractivity contribution in [3.8, 4) is 0 Å². The van der Waals surface area contributed by atoms with Crippen LogP contribution in [0.2, 0.25) is 0 Å². The molecule has 1 N–H and O–H groups in total. The summed E-state index contributed by atoms with van der Waals surface area (Å²) < 4.78 is 27.0. The molecule has 0 radical (unpaired) electrons. The minimum Gasteiger partial charge on any atom is -0.464 e. The van der Waals surface area contributed by atoms with Crippen LogP contribution < -0.4 is 0 Å². The first-order valence-electron chi connectivity index (χ1n) is 3.94. The summed E-state index contributed by atoms with van der Waals surface area (Å²) in [4.78, 5) is 10.6. The summed E-state index contributed by atoms with van der Waals surface area (Å²) >= 11 is 0. The van der Waals surface area contributed by atoms with Gasteiger partial charge in [-0.1, -0.05) is 0 Å². The highest BCUT2D eigenvalue weighted by molar-refractivity contribution is 7.85. The summed E-state index contributed by atoms with van der Waals surface area (Å²) in [5.74, 6) is 0.161. The van der Waals surface area contributed by atoms with Crippen LogP contribution in [0.5, 0.6) is 0 Å². The topological polar surface area (TPSA) is 83.9 Å². The molecule has 6 nitrogen and oxygen atoms in total. The van der Waals surface area contributed by atoms with Gasteiger partial charge in [-0.05, 0) is 18.8 Å². The largest absolute Gasteiger partial charge is 0.464 e. The Labute approximate surface area is 75.4 Å². The minimum absolute atomic E-state index is 0.0285. The molecule has 2 rings (SSSR count). The maximum absolute atomic E-state index is 11.1. The molecule has 0 spiro atoms. The van der Waals surface area contributed by atoms with E-state index in [0.717, 1.165) is 12.8 Å². The Balaban J connectivity index is 2.27. The first-order chi connectivity index (χ1) is 6.02. The molecule has 74 valence electrons. The van der Waals surface area contributed by atoms with Gasteiger partial charge in [0.15, 0.2) is 0 Å². The molecular formula is C6H9NO5S. The Bertz CT molecular complexity index is 333. The number of rotatable bonds is 1. The summed E-state index contributed by atoms with van der Waals surface area (Å²) in [5, 5.41) is 8.66. The van der Waals surface area contributed by atoms with Gasteiger partial charge in [0.25, 0.3) is 0 Å². The van der Waals surface area contributed by atoms with E-state index in [1.807, 2.05) is 0 Å². The van der Waals surface area contributed by atoms with Crippen LogP contribution in [-0.2, 0) is 14.5 Å². The quantitative estimate of drug-likeness (QED) is 0.655. The van der Waals surface area contributed by atoms with E-state index in [4.69, 9.17) is 5.11 Å². The van der Waals surface area contributed by atoms with Crippen LogP contribution >= 0.6 is 0 Å². The van der Waals surface area contributed by atoms with Crippen LogP contribution in [-0.4, -0.2) is 36.6 Å². The maximum Gasteiger partial charge on any atom is 0.423 e. The molecule has 1 unspecified atom stereocenters. The molecule has 1 saturated carbocycles. The lowest BCUT2D eigenvalue weighted by molar-refractivity contribution is 0.161. The summed E-state index contributed by atoms with van der Waals surface area (Å²) in [6.07, 6.45) is 0.315. The van der Waals surface area contributed by atoms with Crippen LogP contribution in [0.25, 0.3) is 0 Å². The first-order valence-corrected chi connectivity index (χ1v) is 5.30. The van der Waals surface area contributed by atoms with Gasteiger partial charge in [0.2, 0.25) is 0 Å². The van der Waals surface area contributed by atoms with Gasteiger partial charge in [-0.2, -0.15) is 12.7 Å². The predicted octanol–water partition coefficient (Wildman–Crippen LogP) is 0.0200. The van der Waals surface area contributed by atoms with Crippen LogP contribution in [0.3, 0.4) is 0 Å². The standard InChI is InChI=1S/C6H9NO5S/c8-6(9)7-5(4-1-2-4)3-12-13(7,10)11/h4-5H,1-3H2,(H,8,9). The van der Waals surface area contributed by atoms with E-state index in [1.54, 1.807) is 0 Å². The molecule has 0 aromatic rings. The molecule has 2 aliphatic rings. The van der Waals surface area contributed by atoms with Crippen molar-refractivity contribution >= 4 is 16.4 Å². The molecule has 0 aromatic carbocycles. The van der Waals surface area contributed by atoms with Gasteiger partial charge >= 0.3 is 16.4 Å². The zero-order valence-corrected chi connectivity index (χ0v) is 7.53. The molecule has 1 aliphatic heterocycles. The molecule has 0 bridgehead atoms. The second-order valence-corrected chi connectivity index (χ2v) is 4.71. The number of nitrogens with zero attached hydrogens (tertiary/aromatic N) is 1. The first kappa shape index (κ1) is 8.76. The molecule has 13 heavy (non-hydrogen) atoms. The maximum atomic E-state index is 11.1. The Morgan fingerprint density at radius 1 is 1.46 bits per heavy atom. The average Bonchev–Trinajstić information content (AvgIpc) is 2.75. The van der Waals surface area contributed by atoms with Crippen LogP contribution in [0, 0.1) is 5.92 Å². The van der Waals surface area contributed by atoms with E-state index in [2.05, 4.69) is 4.18 Å². The van der Waals surface area contributed by atoms with E-state index in [1.165, 1.54) is 0 Å². The van der Waals surface area contributed by atoms with E-state index in [-0.39, 0.29) is 12.5 Å². The lowest BCUT2D eigenvalue weighted by atomic mass is 10.2. The summed E-state index contributed by atoms with van der Waals surface area (Å²) in [6, 6.07) is -0.498. The summed E-state index contributed by atoms with van der Waals surface area (Å²) in [7, 11) is -4.01. The molecule has 0 aromatic heterocycles. The molecule has 1 amide bonds. The Morgan fingerprint density at radius 2 is 2.08 bits per heavy atom. The monoisotopic (exact) mass is 207 g/mol. The molecule has 1 atom stereocenters. The van der Waals surface area contributed by atoms with Gasteiger partial charge in [0, 0.05) is 0 Å². The van der Waals surface area contributed by atoms with E-state index < -0.39 is 22.4 Å². The zero-order chi connectivity index (χ0) is 9.64. The molecular weight excluding hydrogens is 198 g/mol. The van der Waals surface area contributed by atoms with Crippen molar-refractivity contribution in [2.45, 2.75) is 18.9 Å². The molecule has 2 fully saturated rings. The number of amides is 1. The van der Waals surface area contributed by atoms with Crippen molar-refractivity contribution in [1.82, 2.24) is 4.31 Å². The fourth-order valence-electron chi connectivity index (χ4n) is 1.49. The van der Waals surface area contributed by atoms with E-state index in [0.29, 0.717) is 4.31 Å². The van der Waals surface area contributed by atoms with Gasteiger partial charge in [-0.15, -0.1) is 0 Å². The lowest BCUT2D eigenvalue weighted by Crippen LogP contribution is -2.39. The van der Waals surface area contributed by atoms with Gasteiger partial charge < -0.3 is 5.11 Å². The third-order valence-electron chi connectivity index (χ3n) is 2.28. The predicted molar refractivity (Wildman–Crippen MR) is 41.2 cm³/mol.